The normalized spacial score (nSPS) is 22.2. The number of halogens is 1. The summed E-state index contributed by atoms with van der Waals surface area (Å²) in [6.07, 6.45) is 1.72. The summed E-state index contributed by atoms with van der Waals surface area (Å²) in [6.45, 7) is 2.97. The van der Waals surface area contributed by atoms with E-state index in [2.05, 4.69) is 0 Å². The van der Waals surface area contributed by atoms with Gasteiger partial charge < -0.3 is 24.9 Å². The molecule has 0 saturated carbocycles. The molecule has 0 radical (unpaired) electrons. The third-order valence-corrected chi connectivity index (χ3v) is 8.77. The number of amides is 2. The van der Waals surface area contributed by atoms with Crippen molar-refractivity contribution < 1.29 is 29.0 Å². The van der Waals surface area contributed by atoms with Crippen LogP contribution in [0.4, 0.5) is 9.18 Å². The number of carbonyl (C=O) groups excluding carboxylic acids is 3. The number of phenolic OH excluding ortho intramolecular Hbond substituents is 2. The fraction of sp³-hybridized carbons (Fsp3) is 0.382. The molecule has 2 saturated heterocycles. The van der Waals surface area contributed by atoms with Crippen molar-refractivity contribution in [2.75, 3.05) is 40.3 Å². The molecule has 8 nitrogen and oxygen atoms in total. The maximum absolute atomic E-state index is 15.0. The van der Waals surface area contributed by atoms with Crippen molar-refractivity contribution in [3.8, 4) is 11.5 Å². The van der Waals surface area contributed by atoms with E-state index in [0.717, 1.165) is 12.8 Å². The minimum absolute atomic E-state index is 0.00568. The molecule has 0 spiro atoms. The Kier molecular flexibility index (Phi) is 8.82. The molecule has 2 heterocycles. The Bertz CT molecular complexity index is 1460. The van der Waals surface area contributed by atoms with Crippen LogP contribution in [-0.4, -0.2) is 88.8 Å². The Hall–Kier alpha value is -4.24. The maximum Gasteiger partial charge on any atom is 0.320 e. The summed E-state index contributed by atoms with van der Waals surface area (Å²) in [5.74, 6) is -3.87. The van der Waals surface area contributed by atoms with Gasteiger partial charge in [0, 0.05) is 61.1 Å². The zero-order valence-corrected chi connectivity index (χ0v) is 24.7. The first kappa shape index (κ1) is 30.2. The Morgan fingerprint density at radius 2 is 1.44 bits per heavy atom. The number of urea groups is 1. The van der Waals surface area contributed by atoms with Crippen molar-refractivity contribution in [2.45, 2.75) is 31.7 Å². The first-order valence-corrected chi connectivity index (χ1v) is 14.7. The number of likely N-dealkylation sites (tertiary alicyclic amines) is 2. The third-order valence-electron chi connectivity index (χ3n) is 8.77. The van der Waals surface area contributed by atoms with Crippen molar-refractivity contribution in [2.24, 2.45) is 11.8 Å². The minimum Gasteiger partial charge on any atom is -0.508 e. The van der Waals surface area contributed by atoms with E-state index in [1.54, 1.807) is 48.2 Å². The van der Waals surface area contributed by atoms with Gasteiger partial charge in [0.2, 0.25) is 0 Å². The van der Waals surface area contributed by atoms with Crippen LogP contribution in [-0.2, 0) is 0 Å². The van der Waals surface area contributed by atoms with Crippen molar-refractivity contribution in [1.29, 1.82) is 0 Å². The highest BCUT2D eigenvalue weighted by atomic mass is 19.1. The number of piperidine rings is 1. The number of nitrogens with zero attached hydrogens (tertiary/aromatic N) is 3. The molecule has 3 aromatic carbocycles. The summed E-state index contributed by atoms with van der Waals surface area (Å²) in [5, 5.41) is 20.3. The molecule has 5 rings (SSSR count). The van der Waals surface area contributed by atoms with Gasteiger partial charge in [0.05, 0.1) is 0 Å². The van der Waals surface area contributed by atoms with E-state index in [-0.39, 0.29) is 59.4 Å². The van der Waals surface area contributed by atoms with Gasteiger partial charge in [-0.2, -0.15) is 0 Å². The van der Waals surface area contributed by atoms with Gasteiger partial charge in [0.1, 0.15) is 17.3 Å². The third kappa shape index (κ3) is 6.27. The number of hydrogen-bond acceptors (Lipinski definition) is 6. The molecule has 2 amide bonds. The number of benzene rings is 3. The molecule has 2 fully saturated rings. The van der Waals surface area contributed by atoms with E-state index in [1.165, 1.54) is 30.3 Å². The molecule has 2 aliphatic heterocycles. The Morgan fingerprint density at radius 1 is 0.884 bits per heavy atom. The quantitative estimate of drug-likeness (QED) is 0.374. The molecule has 43 heavy (non-hydrogen) atoms. The average molecular weight is 588 g/mol. The lowest BCUT2D eigenvalue weighted by Gasteiger charge is -2.45. The van der Waals surface area contributed by atoms with Gasteiger partial charge in [-0.15, -0.1) is 0 Å². The van der Waals surface area contributed by atoms with Crippen LogP contribution in [0, 0.1) is 24.6 Å². The second kappa shape index (κ2) is 12.6. The summed E-state index contributed by atoms with van der Waals surface area (Å²) in [5.41, 5.74) is 1.35. The molecule has 2 N–H and O–H groups in total. The van der Waals surface area contributed by atoms with E-state index >= 15 is 0 Å². The van der Waals surface area contributed by atoms with E-state index < -0.39 is 23.6 Å². The molecule has 0 aromatic heterocycles. The smallest absolute Gasteiger partial charge is 0.320 e. The highest BCUT2D eigenvalue weighted by molar-refractivity contribution is 6.03. The molecular formula is C34H38FN3O5. The molecular weight excluding hydrogens is 549 g/mol. The van der Waals surface area contributed by atoms with E-state index in [9.17, 15) is 29.0 Å². The van der Waals surface area contributed by atoms with Gasteiger partial charge in [-0.25, -0.2) is 9.18 Å². The van der Waals surface area contributed by atoms with Crippen LogP contribution >= 0.6 is 0 Å². The van der Waals surface area contributed by atoms with Gasteiger partial charge >= 0.3 is 6.03 Å². The average Bonchev–Trinajstić information content (AvgIpc) is 3.44. The minimum atomic E-state index is -0.902. The Morgan fingerprint density at radius 3 is 1.98 bits per heavy atom. The predicted molar refractivity (Wildman–Crippen MR) is 161 cm³/mol. The fourth-order valence-electron chi connectivity index (χ4n) is 6.75. The van der Waals surface area contributed by atoms with Gasteiger partial charge in [0.15, 0.2) is 11.6 Å². The lowest BCUT2D eigenvalue weighted by Crippen LogP contribution is -2.57. The van der Waals surface area contributed by atoms with Crippen LogP contribution in [0.15, 0.2) is 66.7 Å². The first-order valence-electron chi connectivity index (χ1n) is 14.7. The van der Waals surface area contributed by atoms with E-state index in [1.807, 2.05) is 23.9 Å². The molecule has 0 bridgehead atoms. The second-order valence-corrected chi connectivity index (χ2v) is 12.0. The number of phenols is 2. The lowest BCUT2D eigenvalue weighted by molar-refractivity contribution is 0.0578. The summed E-state index contributed by atoms with van der Waals surface area (Å²) in [4.78, 5) is 48.2. The van der Waals surface area contributed by atoms with Crippen LogP contribution in [0.5, 0.6) is 11.5 Å². The van der Waals surface area contributed by atoms with Crippen molar-refractivity contribution in [3.63, 3.8) is 0 Å². The number of rotatable bonds is 7. The standard InChI is InChI=1S/C34H38FN3O5/c1-21-27(13-6-14-30(21)35)31-28(32(41)22-8-4-11-25(39)16-22)19-37(34(43)38-15-7-10-24(38)18-36(2)3)20-29(31)33(42)23-9-5-12-26(40)17-23/h4-6,8-9,11-14,16-17,24,28-29,31,39-40H,7,10,15,18-20H2,1-3H3/t24-,28-,29+,31?/m0/s1. The molecule has 4 atom stereocenters. The number of likely N-dealkylation sites (N-methyl/N-ethyl adjacent to an activating group) is 1. The van der Waals surface area contributed by atoms with Gasteiger partial charge in [0.25, 0.3) is 0 Å². The number of ketones is 2. The van der Waals surface area contributed by atoms with Crippen molar-refractivity contribution >= 4 is 17.6 Å². The SMILES string of the molecule is Cc1c(F)cccc1C1[C@@H](C(=O)c2cccc(O)c2)CN(C(=O)N2CCC[C@H]2CN(C)C)C[C@H]1C(=O)c1cccc(O)c1. The number of Topliss-reactive ketones (excluding diaryl/α,β-unsaturated/α-hetero) is 2. The Balaban J connectivity index is 1.63. The Labute approximate surface area is 251 Å². The summed E-state index contributed by atoms with van der Waals surface area (Å²) in [6, 6.07) is 16.4. The zero-order valence-electron chi connectivity index (χ0n) is 24.7. The summed E-state index contributed by atoms with van der Waals surface area (Å²) >= 11 is 0. The van der Waals surface area contributed by atoms with Crippen LogP contribution in [0.25, 0.3) is 0 Å². The molecule has 226 valence electrons. The van der Waals surface area contributed by atoms with E-state index in [4.69, 9.17) is 0 Å². The summed E-state index contributed by atoms with van der Waals surface area (Å²) < 4.78 is 15.0. The van der Waals surface area contributed by atoms with Crippen molar-refractivity contribution in [3.05, 3.63) is 94.8 Å². The molecule has 3 aromatic rings. The fourth-order valence-corrected chi connectivity index (χ4v) is 6.75. The van der Waals surface area contributed by atoms with Gasteiger partial charge in [-0.3, -0.25) is 9.59 Å². The second-order valence-electron chi connectivity index (χ2n) is 12.0. The number of hydrogen-bond donors (Lipinski definition) is 2. The highest BCUT2D eigenvalue weighted by Gasteiger charge is 2.48. The molecule has 1 unspecified atom stereocenters. The summed E-state index contributed by atoms with van der Waals surface area (Å²) in [7, 11) is 3.92. The van der Waals surface area contributed by atoms with Crippen LogP contribution in [0.3, 0.4) is 0 Å². The van der Waals surface area contributed by atoms with Gasteiger partial charge in [-0.05, 0) is 75.3 Å². The highest BCUT2D eigenvalue weighted by Crippen LogP contribution is 2.43. The molecule has 9 heteroatoms. The monoisotopic (exact) mass is 587 g/mol. The zero-order chi connectivity index (χ0) is 30.8. The molecule has 2 aliphatic rings. The number of carbonyl (C=O) groups is 3. The van der Waals surface area contributed by atoms with Crippen LogP contribution in [0.1, 0.15) is 50.6 Å². The van der Waals surface area contributed by atoms with Gasteiger partial charge in [-0.1, -0.05) is 36.4 Å². The molecule has 0 aliphatic carbocycles. The van der Waals surface area contributed by atoms with E-state index in [0.29, 0.717) is 24.2 Å². The lowest BCUT2D eigenvalue weighted by atomic mass is 9.68. The predicted octanol–water partition coefficient (Wildman–Crippen LogP) is 5.09. The topological polar surface area (TPSA) is 101 Å². The van der Waals surface area contributed by atoms with Crippen molar-refractivity contribution in [1.82, 2.24) is 14.7 Å². The van der Waals surface area contributed by atoms with Crippen LogP contribution < -0.4 is 0 Å². The maximum atomic E-state index is 15.0. The first-order chi connectivity index (χ1) is 20.5. The largest absolute Gasteiger partial charge is 0.508 e. The number of aromatic hydroxyl groups is 2. The van der Waals surface area contributed by atoms with Crippen LogP contribution in [0.2, 0.25) is 0 Å².